The number of hydrogen-bond acceptors (Lipinski definition) is 3. The third kappa shape index (κ3) is 4.93. The molecule has 3 nitrogen and oxygen atoms in total. The summed E-state index contributed by atoms with van der Waals surface area (Å²) in [6, 6.07) is 0.494. The molecule has 0 aliphatic heterocycles. The van der Waals surface area contributed by atoms with Gasteiger partial charge in [0.25, 0.3) is 0 Å². The van der Waals surface area contributed by atoms with E-state index in [0.717, 1.165) is 30.8 Å². The number of fused-ring (bicyclic) bond motifs is 1. The molecular formula is C17H30N2O. The zero-order chi connectivity index (χ0) is 14.2. The summed E-state index contributed by atoms with van der Waals surface area (Å²) in [5.74, 6) is 1.16. The minimum atomic E-state index is 0.494. The molecule has 1 heterocycles. The van der Waals surface area contributed by atoms with Crippen LogP contribution < -0.4 is 5.32 Å². The minimum Gasteiger partial charge on any atom is -0.361 e. The van der Waals surface area contributed by atoms with Gasteiger partial charge in [-0.1, -0.05) is 57.5 Å². The zero-order valence-corrected chi connectivity index (χ0v) is 13.2. The van der Waals surface area contributed by atoms with Crippen molar-refractivity contribution in [2.75, 3.05) is 0 Å². The Morgan fingerprint density at radius 2 is 1.55 bits per heavy atom. The zero-order valence-electron chi connectivity index (χ0n) is 13.2. The number of hydrogen-bond donors (Lipinski definition) is 1. The lowest BCUT2D eigenvalue weighted by Gasteiger charge is -2.09. The Balaban J connectivity index is 2.01. The van der Waals surface area contributed by atoms with Crippen LogP contribution >= 0.6 is 0 Å². The molecule has 1 aromatic heterocycles. The second-order valence-corrected chi connectivity index (χ2v) is 6.40. The Kier molecular flexibility index (Phi) is 6.58. The highest BCUT2D eigenvalue weighted by molar-refractivity contribution is 5.23. The molecule has 114 valence electrons. The van der Waals surface area contributed by atoms with E-state index in [9.17, 15) is 0 Å². The lowest BCUT2D eigenvalue weighted by atomic mass is 9.98. The van der Waals surface area contributed by atoms with Crippen LogP contribution in [0.15, 0.2) is 4.52 Å². The molecule has 0 atom stereocenters. The van der Waals surface area contributed by atoms with Crippen LogP contribution in [0.25, 0.3) is 0 Å². The minimum absolute atomic E-state index is 0.494. The van der Waals surface area contributed by atoms with E-state index >= 15 is 0 Å². The molecule has 0 amide bonds. The maximum atomic E-state index is 5.63. The van der Waals surface area contributed by atoms with Gasteiger partial charge in [-0.15, -0.1) is 0 Å². The number of rotatable bonds is 3. The molecule has 0 unspecified atom stereocenters. The molecule has 1 aliphatic rings. The first-order chi connectivity index (χ1) is 9.77. The fourth-order valence-corrected chi connectivity index (χ4v) is 2.95. The van der Waals surface area contributed by atoms with Gasteiger partial charge in [0, 0.05) is 24.6 Å². The number of aryl methyl sites for hydroxylation is 1. The predicted octanol–water partition coefficient (Wildman–Crippen LogP) is 4.39. The molecule has 0 spiro atoms. The van der Waals surface area contributed by atoms with Gasteiger partial charge < -0.3 is 9.84 Å². The normalized spacial score (nSPS) is 18.4. The molecule has 2 rings (SSSR count). The van der Waals surface area contributed by atoms with Gasteiger partial charge in [-0.05, 0) is 19.3 Å². The maximum absolute atomic E-state index is 5.63. The third-order valence-corrected chi connectivity index (χ3v) is 4.21. The average Bonchev–Trinajstić information content (AvgIpc) is 2.78. The standard InChI is InChI=1S/C17H30N2O/c1-14(2)18-13-16-15-11-9-7-5-3-4-6-8-10-12-17(15)20-19-16/h14,18H,3-13H2,1-2H3. The van der Waals surface area contributed by atoms with E-state index in [2.05, 4.69) is 24.3 Å². The largest absolute Gasteiger partial charge is 0.361 e. The van der Waals surface area contributed by atoms with E-state index < -0.39 is 0 Å². The molecule has 1 N–H and O–H groups in total. The third-order valence-electron chi connectivity index (χ3n) is 4.21. The molecule has 20 heavy (non-hydrogen) atoms. The van der Waals surface area contributed by atoms with Crippen molar-refractivity contribution in [1.29, 1.82) is 0 Å². The van der Waals surface area contributed by atoms with Gasteiger partial charge in [0.05, 0.1) is 0 Å². The summed E-state index contributed by atoms with van der Waals surface area (Å²) in [6.07, 6.45) is 13.0. The Hall–Kier alpha value is -0.830. The van der Waals surface area contributed by atoms with E-state index in [0.29, 0.717) is 6.04 Å². The monoisotopic (exact) mass is 278 g/mol. The van der Waals surface area contributed by atoms with Gasteiger partial charge in [-0.3, -0.25) is 0 Å². The van der Waals surface area contributed by atoms with Gasteiger partial charge in [0.15, 0.2) is 0 Å². The van der Waals surface area contributed by atoms with Crippen molar-refractivity contribution in [1.82, 2.24) is 10.5 Å². The Morgan fingerprint density at radius 1 is 0.950 bits per heavy atom. The van der Waals surface area contributed by atoms with E-state index in [-0.39, 0.29) is 0 Å². The summed E-state index contributed by atoms with van der Waals surface area (Å²) in [6.45, 7) is 5.19. The van der Waals surface area contributed by atoms with Gasteiger partial charge in [0.1, 0.15) is 11.5 Å². The number of nitrogens with zero attached hydrogens (tertiary/aromatic N) is 1. The van der Waals surface area contributed by atoms with Crippen molar-refractivity contribution in [3.8, 4) is 0 Å². The first-order valence-electron chi connectivity index (χ1n) is 8.47. The van der Waals surface area contributed by atoms with Crippen LogP contribution in [0.4, 0.5) is 0 Å². The molecule has 0 aromatic carbocycles. The summed E-state index contributed by atoms with van der Waals surface area (Å²) in [5.41, 5.74) is 2.55. The van der Waals surface area contributed by atoms with E-state index in [4.69, 9.17) is 4.52 Å². The van der Waals surface area contributed by atoms with Crippen molar-refractivity contribution in [2.24, 2.45) is 0 Å². The van der Waals surface area contributed by atoms with Crippen molar-refractivity contribution in [3.05, 3.63) is 17.0 Å². The van der Waals surface area contributed by atoms with Crippen LogP contribution in [0.3, 0.4) is 0 Å². The van der Waals surface area contributed by atoms with Gasteiger partial charge in [-0.25, -0.2) is 0 Å². The topological polar surface area (TPSA) is 38.1 Å². The van der Waals surface area contributed by atoms with Crippen LogP contribution in [0.5, 0.6) is 0 Å². The summed E-state index contributed by atoms with van der Waals surface area (Å²) < 4.78 is 5.63. The molecular weight excluding hydrogens is 248 g/mol. The maximum Gasteiger partial charge on any atom is 0.140 e. The summed E-state index contributed by atoms with van der Waals surface area (Å²) in [4.78, 5) is 0. The Labute approximate surface area is 123 Å². The van der Waals surface area contributed by atoms with Gasteiger partial charge in [0.2, 0.25) is 0 Å². The molecule has 0 saturated heterocycles. The lowest BCUT2D eigenvalue weighted by molar-refractivity contribution is 0.368. The Bertz CT molecular complexity index is 384. The highest BCUT2D eigenvalue weighted by atomic mass is 16.5. The van der Waals surface area contributed by atoms with Crippen molar-refractivity contribution < 1.29 is 4.52 Å². The fraction of sp³-hybridized carbons (Fsp3) is 0.824. The number of nitrogens with one attached hydrogen (secondary N) is 1. The van der Waals surface area contributed by atoms with Crippen LogP contribution in [0, 0.1) is 0 Å². The first-order valence-corrected chi connectivity index (χ1v) is 8.47. The molecule has 1 aliphatic carbocycles. The van der Waals surface area contributed by atoms with Crippen molar-refractivity contribution in [2.45, 2.75) is 90.6 Å². The second kappa shape index (κ2) is 8.46. The average molecular weight is 278 g/mol. The van der Waals surface area contributed by atoms with Crippen LogP contribution in [0.1, 0.15) is 82.2 Å². The SMILES string of the molecule is CC(C)NCc1noc2c1CCCCCCCCCC2. The molecule has 0 fully saturated rings. The second-order valence-electron chi connectivity index (χ2n) is 6.40. The fourth-order valence-electron chi connectivity index (χ4n) is 2.95. The smallest absolute Gasteiger partial charge is 0.140 e. The molecule has 0 bridgehead atoms. The summed E-state index contributed by atoms with van der Waals surface area (Å²) >= 11 is 0. The van der Waals surface area contributed by atoms with Gasteiger partial charge in [-0.2, -0.15) is 0 Å². The highest BCUT2D eigenvalue weighted by Crippen LogP contribution is 2.22. The molecule has 0 saturated carbocycles. The van der Waals surface area contributed by atoms with E-state index in [1.54, 1.807) is 0 Å². The quantitative estimate of drug-likeness (QED) is 0.891. The van der Waals surface area contributed by atoms with Crippen LogP contribution in [0.2, 0.25) is 0 Å². The predicted molar refractivity (Wildman–Crippen MR) is 82.8 cm³/mol. The Morgan fingerprint density at radius 3 is 2.20 bits per heavy atom. The van der Waals surface area contributed by atoms with E-state index in [1.165, 1.54) is 56.9 Å². The van der Waals surface area contributed by atoms with Gasteiger partial charge >= 0.3 is 0 Å². The summed E-state index contributed by atoms with van der Waals surface area (Å²) in [7, 11) is 0. The molecule has 0 radical (unpaired) electrons. The van der Waals surface area contributed by atoms with Crippen molar-refractivity contribution in [3.63, 3.8) is 0 Å². The molecule has 1 aromatic rings. The first kappa shape index (κ1) is 15.6. The molecule has 3 heteroatoms. The van der Waals surface area contributed by atoms with Crippen molar-refractivity contribution >= 4 is 0 Å². The lowest BCUT2D eigenvalue weighted by Crippen LogP contribution is -2.22. The highest BCUT2D eigenvalue weighted by Gasteiger charge is 2.15. The number of aromatic nitrogens is 1. The van der Waals surface area contributed by atoms with Crippen LogP contribution in [-0.4, -0.2) is 11.2 Å². The summed E-state index contributed by atoms with van der Waals surface area (Å²) in [5, 5.41) is 7.79. The van der Waals surface area contributed by atoms with E-state index in [1.807, 2.05) is 0 Å². The van der Waals surface area contributed by atoms with Crippen LogP contribution in [-0.2, 0) is 19.4 Å².